The van der Waals surface area contributed by atoms with Gasteiger partial charge in [0.25, 0.3) is 0 Å². The molecule has 2 rings (SSSR count). The van der Waals surface area contributed by atoms with Gasteiger partial charge in [-0.05, 0) is 30.2 Å². The molecule has 0 spiro atoms. The minimum Gasteiger partial charge on any atom is -0.234 e. The Morgan fingerprint density at radius 3 is 2.73 bits per heavy atom. The number of halogens is 3. The highest BCUT2D eigenvalue weighted by Gasteiger charge is 2.09. The van der Waals surface area contributed by atoms with Gasteiger partial charge in [0.2, 0.25) is 0 Å². The lowest BCUT2D eigenvalue weighted by atomic mass is 10.1. The van der Waals surface area contributed by atoms with E-state index in [0.717, 1.165) is 5.56 Å². The molecule has 0 aliphatic heterocycles. The summed E-state index contributed by atoms with van der Waals surface area (Å²) >= 11 is 11.8. The third-order valence-electron chi connectivity index (χ3n) is 2.29. The average Bonchev–Trinajstić information content (AvgIpc) is 2.23. The van der Waals surface area contributed by atoms with E-state index in [-0.39, 0.29) is 5.82 Å². The molecule has 1 heterocycles. The van der Waals surface area contributed by atoms with Crippen LogP contribution in [0, 0.1) is 5.82 Å². The maximum Gasteiger partial charge on any atom is 0.133 e. The number of benzene rings is 1. The van der Waals surface area contributed by atoms with Gasteiger partial charge in [-0.25, -0.2) is 9.37 Å². The normalized spacial score (nSPS) is 10.9. The van der Waals surface area contributed by atoms with Gasteiger partial charge < -0.3 is 0 Å². The van der Waals surface area contributed by atoms with Gasteiger partial charge in [-0.2, -0.15) is 0 Å². The number of aryl methyl sites for hydroxylation is 1. The monoisotopic (exact) mass is 243 g/mol. The van der Waals surface area contributed by atoms with E-state index in [0.29, 0.717) is 27.5 Å². The molecule has 1 aromatic heterocycles. The second-order valence-corrected chi connectivity index (χ2v) is 3.98. The first-order chi connectivity index (χ1) is 7.13. The lowest BCUT2D eigenvalue weighted by molar-refractivity contribution is 0.639. The van der Waals surface area contributed by atoms with Gasteiger partial charge in [0.05, 0.1) is 10.5 Å². The fourth-order valence-corrected chi connectivity index (χ4v) is 1.94. The second kappa shape index (κ2) is 3.95. The third kappa shape index (κ3) is 1.80. The summed E-state index contributed by atoms with van der Waals surface area (Å²) in [5.74, 6) is -0.326. The molecule has 0 saturated heterocycles. The zero-order valence-electron chi connectivity index (χ0n) is 8.02. The Kier molecular flexibility index (Phi) is 2.81. The predicted octanol–water partition coefficient (Wildman–Crippen LogP) is 4.24. The van der Waals surface area contributed by atoms with Crippen LogP contribution in [0.3, 0.4) is 0 Å². The Hall–Kier alpha value is -0.860. The lowest BCUT2D eigenvalue weighted by Crippen LogP contribution is -1.91. The summed E-state index contributed by atoms with van der Waals surface area (Å²) in [6, 6.07) is 4.51. The van der Waals surface area contributed by atoms with Crippen LogP contribution < -0.4 is 0 Å². The number of pyridine rings is 1. The highest BCUT2D eigenvalue weighted by molar-refractivity contribution is 6.35. The largest absolute Gasteiger partial charge is 0.234 e. The van der Waals surface area contributed by atoms with Crippen LogP contribution >= 0.6 is 23.2 Å². The molecule has 78 valence electrons. The van der Waals surface area contributed by atoms with E-state index < -0.39 is 0 Å². The third-order valence-corrected chi connectivity index (χ3v) is 2.92. The Morgan fingerprint density at radius 2 is 2.07 bits per heavy atom. The summed E-state index contributed by atoms with van der Waals surface area (Å²) in [5, 5.41) is 1.22. The fraction of sp³-hybridized carbons (Fsp3) is 0.182. The molecule has 15 heavy (non-hydrogen) atoms. The first-order valence-corrected chi connectivity index (χ1v) is 5.32. The molecule has 0 saturated carbocycles. The van der Waals surface area contributed by atoms with Crippen molar-refractivity contribution in [3.05, 3.63) is 39.8 Å². The topological polar surface area (TPSA) is 12.9 Å². The SMILES string of the molecule is CCc1cc2c(F)ccc(Cl)c2nc1Cl. The van der Waals surface area contributed by atoms with E-state index in [9.17, 15) is 4.39 Å². The number of fused-ring (bicyclic) bond motifs is 1. The van der Waals surface area contributed by atoms with Crippen molar-refractivity contribution in [3.8, 4) is 0 Å². The number of nitrogens with zero attached hydrogens (tertiary/aromatic N) is 1. The predicted molar refractivity (Wildman–Crippen MR) is 61.1 cm³/mol. The van der Waals surface area contributed by atoms with Gasteiger partial charge in [0.1, 0.15) is 11.0 Å². The molecule has 0 fully saturated rings. The first-order valence-electron chi connectivity index (χ1n) is 4.56. The van der Waals surface area contributed by atoms with Crippen molar-refractivity contribution in [2.45, 2.75) is 13.3 Å². The zero-order chi connectivity index (χ0) is 11.0. The Bertz CT molecular complexity index is 525. The number of hydrogen-bond donors (Lipinski definition) is 0. The first kappa shape index (κ1) is 10.7. The van der Waals surface area contributed by atoms with Gasteiger partial charge in [0, 0.05) is 5.39 Å². The van der Waals surface area contributed by atoms with Crippen molar-refractivity contribution in [2.75, 3.05) is 0 Å². The van der Waals surface area contributed by atoms with Crippen LogP contribution in [0.25, 0.3) is 10.9 Å². The second-order valence-electron chi connectivity index (χ2n) is 3.22. The fourth-order valence-electron chi connectivity index (χ4n) is 1.46. The van der Waals surface area contributed by atoms with Crippen LogP contribution in [0.5, 0.6) is 0 Å². The molecular weight excluding hydrogens is 236 g/mol. The van der Waals surface area contributed by atoms with E-state index in [1.807, 2.05) is 6.92 Å². The van der Waals surface area contributed by atoms with E-state index >= 15 is 0 Å². The molecule has 0 N–H and O–H groups in total. The van der Waals surface area contributed by atoms with E-state index in [2.05, 4.69) is 4.98 Å². The molecule has 4 heteroatoms. The Morgan fingerprint density at radius 1 is 1.33 bits per heavy atom. The minimum atomic E-state index is -0.326. The van der Waals surface area contributed by atoms with E-state index in [1.165, 1.54) is 12.1 Å². The smallest absolute Gasteiger partial charge is 0.133 e. The maximum absolute atomic E-state index is 13.5. The van der Waals surface area contributed by atoms with Crippen LogP contribution in [0.2, 0.25) is 10.2 Å². The van der Waals surface area contributed by atoms with E-state index in [1.54, 1.807) is 6.07 Å². The van der Waals surface area contributed by atoms with Gasteiger partial charge in [-0.15, -0.1) is 0 Å². The van der Waals surface area contributed by atoms with Crippen molar-refractivity contribution in [3.63, 3.8) is 0 Å². The van der Waals surface area contributed by atoms with Crippen LogP contribution in [-0.2, 0) is 6.42 Å². The molecule has 0 aliphatic carbocycles. The zero-order valence-corrected chi connectivity index (χ0v) is 9.53. The molecule has 0 bridgehead atoms. The van der Waals surface area contributed by atoms with Gasteiger partial charge >= 0.3 is 0 Å². The number of hydrogen-bond acceptors (Lipinski definition) is 1. The summed E-state index contributed by atoms with van der Waals surface area (Å²) in [6.07, 6.45) is 0.716. The molecule has 0 atom stereocenters. The van der Waals surface area contributed by atoms with Gasteiger partial charge in [-0.1, -0.05) is 30.1 Å². The van der Waals surface area contributed by atoms with Crippen molar-refractivity contribution in [1.29, 1.82) is 0 Å². The summed E-state index contributed by atoms with van der Waals surface area (Å²) < 4.78 is 13.5. The quantitative estimate of drug-likeness (QED) is 0.683. The van der Waals surface area contributed by atoms with Crippen LogP contribution in [0.1, 0.15) is 12.5 Å². The van der Waals surface area contributed by atoms with Crippen molar-refractivity contribution < 1.29 is 4.39 Å². The molecule has 0 amide bonds. The van der Waals surface area contributed by atoms with Crippen LogP contribution in [0.4, 0.5) is 4.39 Å². The summed E-state index contributed by atoms with van der Waals surface area (Å²) in [5.41, 5.74) is 1.24. The molecule has 0 unspecified atom stereocenters. The number of aromatic nitrogens is 1. The Balaban J connectivity index is 2.86. The average molecular weight is 244 g/mol. The summed E-state index contributed by atoms with van der Waals surface area (Å²) in [7, 11) is 0. The van der Waals surface area contributed by atoms with Crippen molar-refractivity contribution in [1.82, 2.24) is 4.98 Å². The lowest BCUT2D eigenvalue weighted by Gasteiger charge is -2.05. The van der Waals surface area contributed by atoms with Crippen molar-refractivity contribution >= 4 is 34.1 Å². The molecule has 1 nitrogen and oxygen atoms in total. The molecule has 1 aromatic carbocycles. The highest BCUT2D eigenvalue weighted by atomic mass is 35.5. The number of rotatable bonds is 1. The van der Waals surface area contributed by atoms with E-state index in [4.69, 9.17) is 23.2 Å². The van der Waals surface area contributed by atoms with Crippen LogP contribution in [0.15, 0.2) is 18.2 Å². The summed E-state index contributed by atoms with van der Waals surface area (Å²) in [6.45, 7) is 1.94. The Labute approximate surface area is 96.8 Å². The molecule has 0 radical (unpaired) electrons. The summed E-state index contributed by atoms with van der Waals surface area (Å²) in [4.78, 5) is 4.10. The molecular formula is C11H8Cl2FN. The van der Waals surface area contributed by atoms with Crippen molar-refractivity contribution in [2.24, 2.45) is 0 Å². The van der Waals surface area contributed by atoms with Crippen LogP contribution in [-0.4, -0.2) is 4.98 Å². The van der Waals surface area contributed by atoms with Gasteiger partial charge in [0.15, 0.2) is 0 Å². The highest BCUT2D eigenvalue weighted by Crippen LogP contribution is 2.28. The standard InChI is InChI=1S/C11H8Cl2FN/c1-2-6-5-7-9(14)4-3-8(12)10(7)15-11(6)13/h3-5H,2H2,1H3. The molecule has 2 aromatic rings. The minimum absolute atomic E-state index is 0.326. The van der Waals surface area contributed by atoms with Gasteiger partial charge in [-0.3, -0.25) is 0 Å². The maximum atomic E-state index is 13.5. The molecule has 0 aliphatic rings.